The van der Waals surface area contributed by atoms with Crippen LogP contribution in [0, 0.1) is 11.3 Å². The Morgan fingerprint density at radius 1 is 1.16 bits per heavy atom. The van der Waals surface area contributed by atoms with Crippen molar-refractivity contribution in [1.82, 2.24) is 5.48 Å². The molecule has 0 aliphatic rings. The Morgan fingerprint density at radius 3 is 2.42 bits per heavy atom. The fourth-order valence-corrected chi connectivity index (χ4v) is 2.79. The molecular formula is C22H23N3O6. The Bertz CT molecular complexity index is 935. The van der Waals surface area contributed by atoms with Crippen LogP contribution in [0.15, 0.2) is 60.7 Å². The number of anilines is 1. The fraction of sp³-hybridized carbons (Fsp3) is 0.227. The number of allylic oxidation sites excluding steroid dienone is 1. The van der Waals surface area contributed by atoms with Gasteiger partial charge in [-0.15, -0.1) is 0 Å². The number of rotatable bonds is 9. The minimum absolute atomic E-state index is 0.0662. The third-order valence-electron chi connectivity index (χ3n) is 4.35. The van der Waals surface area contributed by atoms with Crippen molar-refractivity contribution in [1.29, 1.82) is 5.26 Å². The largest absolute Gasteiger partial charge is 0.508 e. The molecule has 9 nitrogen and oxygen atoms in total. The van der Waals surface area contributed by atoms with Crippen LogP contribution in [0.4, 0.5) is 10.5 Å². The molecule has 2 atom stereocenters. The second kappa shape index (κ2) is 12.0. The first kappa shape index (κ1) is 23.4. The van der Waals surface area contributed by atoms with Crippen LogP contribution in [-0.4, -0.2) is 35.5 Å². The van der Waals surface area contributed by atoms with E-state index in [0.717, 1.165) is 0 Å². The summed E-state index contributed by atoms with van der Waals surface area (Å²) in [6.45, 7) is 0. The summed E-state index contributed by atoms with van der Waals surface area (Å²) in [5.41, 5.74) is 3.03. The normalized spacial score (nSPS) is 12.5. The van der Waals surface area contributed by atoms with Crippen LogP contribution in [0.5, 0.6) is 5.75 Å². The van der Waals surface area contributed by atoms with Crippen molar-refractivity contribution in [3.63, 3.8) is 0 Å². The highest BCUT2D eigenvalue weighted by Crippen LogP contribution is 2.28. The molecule has 0 saturated carbocycles. The standard InChI is InChI=1S/C22H23N3O6/c1-30-19(4-2-3-5-20(27)25-29)21(16-8-12-18(26)13-9-16)31-22(28)24-17-10-6-15(14-23)7-11-17/h3,5-13,19,21,26,29H,2,4H2,1H3,(H,24,28)(H,25,27)/b5-3+/t19-,21-/m1/s1. The van der Waals surface area contributed by atoms with Crippen molar-refractivity contribution in [2.75, 3.05) is 12.4 Å². The molecule has 31 heavy (non-hydrogen) atoms. The minimum Gasteiger partial charge on any atom is -0.508 e. The van der Waals surface area contributed by atoms with Crippen LogP contribution >= 0.6 is 0 Å². The number of phenols is 1. The number of ether oxygens (including phenoxy) is 2. The van der Waals surface area contributed by atoms with Crippen LogP contribution < -0.4 is 10.8 Å². The Hall–Kier alpha value is -3.87. The number of hydrogen-bond acceptors (Lipinski definition) is 7. The van der Waals surface area contributed by atoms with Crippen LogP contribution in [-0.2, 0) is 14.3 Å². The van der Waals surface area contributed by atoms with Gasteiger partial charge in [0.15, 0.2) is 6.10 Å². The Morgan fingerprint density at radius 2 is 1.84 bits per heavy atom. The van der Waals surface area contributed by atoms with Gasteiger partial charge < -0.3 is 14.6 Å². The van der Waals surface area contributed by atoms with Crippen molar-refractivity contribution >= 4 is 17.7 Å². The Kier molecular flexibility index (Phi) is 9.04. The lowest BCUT2D eigenvalue weighted by Crippen LogP contribution is -2.28. The smallest absolute Gasteiger partial charge is 0.412 e. The average Bonchev–Trinajstić information content (AvgIpc) is 2.79. The van der Waals surface area contributed by atoms with Gasteiger partial charge in [-0.3, -0.25) is 15.3 Å². The van der Waals surface area contributed by atoms with E-state index in [2.05, 4.69) is 5.32 Å². The van der Waals surface area contributed by atoms with Crippen LogP contribution in [0.1, 0.15) is 30.1 Å². The van der Waals surface area contributed by atoms with Crippen molar-refractivity contribution in [3.05, 3.63) is 71.8 Å². The number of nitriles is 1. The van der Waals surface area contributed by atoms with E-state index < -0.39 is 24.2 Å². The second-order valence-corrected chi connectivity index (χ2v) is 6.46. The number of nitrogens with one attached hydrogen (secondary N) is 2. The molecule has 0 unspecified atom stereocenters. The monoisotopic (exact) mass is 425 g/mol. The zero-order valence-corrected chi connectivity index (χ0v) is 16.8. The van der Waals surface area contributed by atoms with E-state index in [9.17, 15) is 14.7 Å². The van der Waals surface area contributed by atoms with Gasteiger partial charge in [0.25, 0.3) is 5.91 Å². The molecule has 0 spiro atoms. The van der Waals surface area contributed by atoms with Gasteiger partial charge in [0, 0.05) is 18.9 Å². The molecule has 2 amide bonds. The lowest BCUT2D eigenvalue weighted by atomic mass is 10.00. The van der Waals surface area contributed by atoms with Gasteiger partial charge in [-0.05, 0) is 54.8 Å². The predicted octanol–water partition coefficient (Wildman–Crippen LogP) is 3.41. The molecule has 4 N–H and O–H groups in total. The van der Waals surface area contributed by atoms with Crippen molar-refractivity contribution in [3.8, 4) is 11.8 Å². The van der Waals surface area contributed by atoms with Gasteiger partial charge in [-0.25, -0.2) is 10.3 Å². The molecule has 2 rings (SSSR count). The van der Waals surface area contributed by atoms with Crippen LogP contribution in [0.2, 0.25) is 0 Å². The molecule has 0 aliphatic carbocycles. The zero-order chi connectivity index (χ0) is 22.6. The lowest BCUT2D eigenvalue weighted by Gasteiger charge is -2.26. The number of benzene rings is 2. The van der Waals surface area contributed by atoms with E-state index in [0.29, 0.717) is 29.7 Å². The quantitative estimate of drug-likeness (QED) is 0.274. The number of hydrogen-bond donors (Lipinski definition) is 4. The number of amides is 2. The molecule has 0 saturated heterocycles. The summed E-state index contributed by atoms with van der Waals surface area (Å²) >= 11 is 0. The average molecular weight is 425 g/mol. The highest BCUT2D eigenvalue weighted by Gasteiger charge is 2.27. The molecule has 162 valence electrons. The van der Waals surface area contributed by atoms with E-state index in [1.54, 1.807) is 42.5 Å². The number of carbonyl (C=O) groups excluding carboxylic acids is 2. The Labute approximate surface area is 179 Å². The summed E-state index contributed by atoms with van der Waals surface area (Å²) < 4.78 is 11.1. The Balaban J connectivity index is 2.13. The van der Waals surface area contributed by atoms with Crippen molar-refractivity contribution < 1.29 is 29.4 Å². The van der Waals surface area contributed by atoms with Gasteiger partial charge in [-0.2, -0.15) is 5.26 Å². The summed E-state index contributed by atoms with van der Waals surface area (Å²) in [6, 6.07) is 14.5. The summed E-state index contributed by atoms with van der Waals surface area (Å²) in [5, 5.41) is 29.5. The SMILES string of the molecule is CO[C@H](CC/C=C/C(=O)NO)[C@H](OC(=O)Nc1ccc(C#N)cc1)c1ccc(O)cc1. The first-order valence-corrected chi connectivity index (χ1v) is 9.37. The highest BCUT2D eigenvalue weighted by molar-refractivity contribution is 5.86. The van der Waals surface area contributed by atoms with Crippen LogP contribution in [0.25, 0.3) is 0 Å². The third kappa shape index (κ3) is 7.47. The highest BCUT2D eigenvalue weighted by atomic mass is 16.6. The van der Waals surface area contributed by atoms with Gasteiger partial charge in [0.2, 0.25) is 0 Å². The molecule has 2 aromatic carbocycles. The summed E-state index contributed by atoms with van der Waals surface area (Å²) in [4.78, 5) is 23.6. The first-order valence-electron chi connectivity index (χ1n) is 9.37. The van der Waals surface area contributed by atoms with E-state index in [1.165, 1.54) is 30.8 Å². The maximum Gasteiger partial charge on any atom is 0.412 e. The van der Waals surface area contributed by atoms with Gasteiger partial charge in [0.1, 0.15) is 5.75 Å². The molecular weight excluding hydrogens is 402 g/mol. The summed E-state index contributed by atoms with van der Waals surface area (Å²) in [6.07, 6.45) is 1.48. The van der Waals surface area contributed by atoms with E-state index in [-0.39, 0.29) is 5.75 Å². The van der Waals surface area contributed by atoms with E-state index >= 15 is 0 Å². The van der Waals surface area contributed by atoms with Crippen LogP contribution in [0.3, 0.4) is 0 Å². The maximum atomic E-state index is 12.5. The van der Waals surface area contributed by atoms with Crippen molar-refractivity contribution in [2.24, 2.45) is 0 Å². The van der Waals surface area contributed by atoms with Gasteiger partial charge >= 0.3 is 6.09 Å². The predicted molar refractivity (Wildman–Crippen MR) is 111 cm³/mol. The third-order valence-corrected chi connectivity index (χ3v) is 4.35. The zero-order valence-electron chi connectivity index (χ0n) is 16.8. The molecule has 0 bridgehead atoms. The second-order valence-electron chi connectivity index (χ2n) is 6.46. The summed E-state index contributed by atoms with van der Waals surface area (Å²) in [7, 11) is 1.48. The molecule has 0 fully saturated rings. The van der Waals surface area contributed by atoms with E-state index in [1.807, 2.05) is 6.07 Å². The first-order chi connectivity index (χ1) is 15.0. The molecule has 0 radical (unpaired) electrons. The topological polar surface area (TPSA) is 141 Å². The fourth-order valence-electron chi connectivity index (χ4n) is 2.79. The number of hydroxylamine groups is 1. The molecule has 2 aromatic rings. The van der Waals surface area contributed by atoms with Gasteiger partial charge in [0.05, 0.1) is 17.7 Å². The summed E-state index contributed by atoms with van der Waals surface area (Å²) in [5.74, 6) is -0.585. The number of aromatic hydroxyl groups is 1. The molecule has 0 aromatic heterocycles. The number of nitrogens with zero attached hydrogens (tertiary/aromatic N) is 1. The van der Waals surface area contributed by atoms with Crippen molar-refractivity contribution in [2.45, 2.75) is 25.0 Å². The number of methoxy groups -OCH3 is 1. The maximum absolute atomic E-state index is 12.5. The van der Waals surface area contributed by atoms with E-state index in [4.69, 9.17) is 19.9 Å². The molecule has 0 heterocycles. The number of phenolic OH excluding ortho intramolecular Hbond substituents is 1. The lowest BCUT2D eigenvalue weighted by molar-refractivity contribution is -0.124. The molecule has 9 heteroatoms. The number of carbonyl (C=O) groups is 2. The van der Waals surface area contributed by atoms with Gasteiger partial charge in [-0.1, -0.05) is 18.2 Å². The molecule has 0 aliphatic heterocycles. The minimum atomic E-state index is -0.802.